The predicted molar refractivity (Wildman–Crippen MR) is 98.3 cm³/mol. The highest BCUT2D eigenvalue weighted by atomic mass is 16.4. The molecule has 0 aliphatic carbocycles. The number of allylic oxidation sites excluding steroid dienone is 2. The van der Waals surface area contributed by atoms with Gasteiger partial charge in [-0.1, -0.05) is 20.8 Å². The molecule has 8 nitrogen and oxygen atoms in total. The second-order valence-electron chi connectivity index (χ2n) is 7.78. The Morgan fingerprint density at radius 2 is 1.92 bits per heavy atom. The van der Waals surface area contributed by atoms with Gasteiger partial charge < -0.3 is 25.8 Å². The van der Waals surface area contributed by atoms with Gasteiger partial charge in [-0.3, -0.25) is 4.79 Å². The van der Waals surface area contributed by atoms with Crippen LogP contribution in [0.15, 0.2) is 22.0 Å². The van der Waals surface area contributed by atoms with Gasteiger partial charge in [-0.25, -0.2) is 0 Å². The lowest BCUT2D eigenvalue weighted by Gasteiger charge is -2.30. The van der Waals surface area contributed by atoms with E-state index in [-0.39, 0.29) is 28.8 Å². The maximum Gasteiger partial charge on any atom is 0.253 e. The number of aromatic nitrogens is 2. The van der Waals surface area contributed by atoms with Gasteiger partial charge >= 0.3 is 0 Å². The van der Waals surface area contributed by atoms with Crippen molar-refractivity contribution in [2.75, 3.05) is 13.1 Å². The summed E-state index contributed by atoms with van der Waals surface area (Å²) in [6.45, 7) is 9.44. The Bertz CT molecular complexity index is 778. The van der Waals surface area contributed by atoms with Crippen LogP contribution in [0.4, 0.5) is 0 Å². The quantitative estimate of drug-likeness (QED) is 0.611. The second-order valence-corrected chi connectivity index (χ2v) is 7.78. The Hall–Kier alpha value is -2.48. The van der Waals surface area contributed by atoms with Crippen molar-refractivity contribution in [2.45, 2.75) is 46.0 Å². The van der Waals surface area contributed by atoms with E-state index in [1.54, 1.807) is 13.0 Å². The number of piperidine rings is 1. The van der Waals surface area contributed by atoms with Gasteiger partial charge in [-0.05, 0) is 32.9 Å². The van der Waals surface area contributed by atoms with E-state index in [9.17, 15) is 4.79 Å². The lowest BCUT2D eigenvalue weighted by molar-refractivity contribution is -0.116. The molecule has 4 N–H and O–H groups in total. The van der Waals surface area contributed by atoms with E-state index in [4.69, 9.17) is 9.83 Å². The number of carbonyl (C=O) groups excluding carboxylic acids is 1. The molecule has 1 fully saturated rings. The van der Waals surface area contributed by atoms with Crippen LogP contribution >= 0.6 is 0 Å². The van der Waals surface area contributed by atoms with Crippen molar-refractivity contribution in [3.8, 4) is 0 Å². The summed E-state index contributed by atoms with van der Waals surface area (Å²) in [5.74, 6) is 1.24. The maximum absolute atomic E-state index is 12.2. The van der Waals surface area contributed by atoms with Crippen LogP contribution in [0.1, 0.15) is 52.3 Å². The van der Waals surface area contributed by atoms with Gasteiger partial charge in [-0.2, -0.15) is 0 Å². The zero-order valence-corrected chi connectivity index (χ0v) is 15.7. The Balaban J connectivity index is 1.96. The summed E-state index contributed by atoms with van der Waals surface area (Å²) in [7, 11) is 0. The number of rotatable bonds is 3. The molecule has 2 aliphatic heterocycles. The minimum atomic E-state index is -0.291. The molecule has 8 heteroatoms. The minimum absolute atomic E-state index is 0.207. The van der Waals surface area contributed by atoms with Crippen molar-refractivity contribution in [1.29, 1.82) is 5.41 Å². The Kier molecular flexibility index (Phi) is 4.95. The molecule has 3 rings (SSSR count). The van der Waals surface area contributed by atoms with Gasteiger partial charge in [0.05, 0.1) is 0 Å². The molecular weight excluding hydrogens is 332 g/mol. The normalized spacial score (nSPS) is 20.9. The molecule has 1 aromatic heterocycles. The van der Waals surface area contributed by atoms with Gasteiger partial charge in [-0.15, -0.1) is 10.2 Å². The summed E-state index contributed by atoms with van der Waals surface area (Å²) in [6.07, 6.45) is 3.53. The summed E-state index contributed by atoms with van der Waals surface area (Å²) >= 11 is 0. The molecule has 0 unspecified atom stereocenters. The fourth-order valence-corrected chi connectivity index (χ4v) is 3.07. The first kappa shape index (κ1) is 18.3. The summed E-state index contributed by atoms with van der Waals surface area (Å²) in [5, 5.41) is 25.8. The zero-order chi connectivity index (χ0) is 18.9. The van der Waals surface area contributed by atoms with E-state index in [0.29, 0.717) is 17.3 Å². The molecule has 26 heavy (non-hydrogen) atoms. The molecule has 1 saturated heterocycles. The van der Waals surface area contributed by atoms with E-state index < -0.39 is 0 Å². The highest BCUT2D eigenvalue weighted by molar-refractivity contribution is 6.21. The molecule has 3 heterocycles. The zero-order valence-electron chi connectivity index (χ0n) is 15.7. The van der Waals surface area contributed by atoms with Crippen LogP contribution < -0.4 is 16.0 Å². The number of carbonyl (C=O) groups is 1. The first-order valence-electron chi connectivity index (χ1n) is 8.90. The van der Waals surface area contributed by atoms with Crippen LogP contribution in [0.2, 0.25) is 0 Å². The number of hydrogen-bond acceptors (Lipinski definition) is 7. The van der Waals surface area contributed by atoms with Gasteiger partial charge in [0.25, 0.3) is 11.8 Å². The third-order valence-electron chi connectivity index (χ3n) is 4.49. The lowest BCUT2D eigenvalue weighted by atomic mass is 9.93. The predicted octanol–water partition coefficient (Wildman–Crippen LogP) is 1.68. The van der Waals surface area contributed by atoms with Crippen molar-refractivity contribution in [3.05, 3.63) is 29.4 Å². The average Bonchev–Trinajstić information content (AvgIpc) is 3.05. The number of nitrogens with one attached hydrogen (secondary N) is 4. The number of nitrogens with zero attached hydrogens (tertiary/aromatic N) is 2. The molecular formula is C18H26N6O2. The van der Waals surface area contributed by atoms with Gasteiger partial charge in [0.2, 0.25) is 5.89 Å². The Morgan fingerprint density at radius 3 is 2.50 bits per heavy atom. The van der Waals surface area contributed by atoms with E-state index in [0.717, 1.165) is 31.6 Å². The first-order chi connectivity index (χ1) is 12.3. The maximum atomic E-state index is 12.2. The van der Waals surface area contributed by atoms with Crippen molar-refractivity contribution >= 4 is 17.2 Å². The summed E-state index contributed by atoms with van der Waals surface area (Å²) in [6, 6.07) is 0. The van der Waals surface area contributed by atoms with E-state index in [1.165, 1.54) is 0 Å². The Morgan fingerprint density at radius 1 is 1.23 bits per heavy atom. The van der Waals surface area contributed by atoms with Gasteiger partial charge in [0.1, 0.15) is 11.4 Å². The number of hydrogen-bond donors (Lipinski definition) is 4. The van der Waals surface area contributed by atoms with Crippen molar-refractivity contribution in [3.63, 3.8) is 0 Å². The van der Waals surface area contributed by atoms with Crippen molar-refractivity contribution in [2.24, 2.45) is 5.92 Å². The lowest BCUT2D eigenvalue weighted by Crippen LogP contribution is -2.41. The molecule has 0 aromatic carbocycles. The fraction of sp³-hybridized carbons (Fsp3) is 0.556. The SMILES string of the molecule is CC(=N)/C(=C1/NC(=O)C=C(C2CCNCC2)N1)c1nnc(C(C)(C)C)o1. The molecule has 0 bridgehead atoms. The summed E-state index contributed by atoms with van der Waals surface area (Å²) < 4.78 is 5.80. The van der Waals surface area contributed by atoms with Crippen LogP contribution in [0.5, 0.6) is 0 Å². The summed E-state index contributed by atoms with van der Waals surface area (Å²) in [4.78, 5) is 12.2. The first-order valence-corrected chi connectivity index (χ1v) is 8.90. The van der Waals surface area contributed by atoms with E-state index in [1.807, 2.05) is 20.8 Å². The molecule has 1 aromatic rings. The minimum Gasteiger partial charge on any atom is -0.420 e. The highest BCUT2D eigenvalue weighted by Crippen LogP contribution is 2.27. The molecule has 0 atom stereocenters. The number of amides is 1. The van der Waals surface area contributed by atoms with Crippen LogP contribution in [-0.2, 0) is 10.2 Å². The van der Waals surface area contributed by atoms with Gasteiger partial charge in [0.15, 0.2) is 0 Å². The second kappa shape index (κ2) is 7.03. The monoisotopic (exact) mass is 358 g/mol. The smallest absolute Gasteiger partial charge is 0.253 e. The topological polar surface area (TPSA) is 116 Å². The van der Waals surface area contributed by atoms with E-state index >= 15 is 0 Å². The van der Waals surface area contributed by atoms with Gasteiger partial charge in [0, 0.05) is 28.8 Å². The van der Waals surface area contributed by atoms with Crippen LogP contribution in [0, 0.1) is 11.3 Å². The Labute approximate surface area is 153 Å². The average molecular weight is 358 g/mol. The molecule has 1 amide bonds. The van der Waals surface area contributed by atoms with Crippen molar-refractivity contribution in [1.82, 2.24) is 26.1 Å². The van der Waals surface area contributed by atoms with Crippen molar-refractivity contribution < 1.29 is 9.21 Å². The van der Waals surface area contributed by atoms with Crippen LogP contribution in [0.3, 0.4) is 0 Å². The van der Waals surface area contributed by atoms with E-state index in [2.05, 4.69) is 26.1 Å². The molecule has 140 valence electrons. The van der Waals surface area contributed by atoms with Crippen LogP contribution in [-0.4, -0.2) is 34.9 Å². The molecule has 0 radical (unpaired) electrons. The standard InChI is InChI=1S/C18H26N6O2/c1-10(19)14(16-23-24-17(26-16)18(2,3)4)15-21-12(9-13(25)22-15)11-5-7-20-8-6-11/h9,11,19-21H,5-8H2,1-4H3,(H,22,25)/b15-14-,19-10?. The fourth-order valence-electron chi connectivity index (χ4n) is 3.07. The third kappa shape index (κ3) is 3.85. The molecule has 0 spiro atoms. The van der Waals surface area contributed by atoms with Crippen LogP contribution in [0.25, 0.3) is 5.57 Å². The molecule has 0 saturated carbocycles. The molecule has 2 aliphatic rings. The highest BCUT2D eigenvalue weighted by Gasteiger charge is 2.28. The third-order valence-corrected chi connectivity index (χ3v) is 4.49. The summed E-state index contributed by atoms with van der Waals surface area (Å²) in [5.41, 5.74) is 1.24. The largest absolute Gasteiger partial charge is 0.420 e.